The average Bonchev–Trinajstić information content (AvgIpc) is 3.04. The topological polar surface area (TPSA) is 15.8 Å². The Labute approximate surface area is 163 Å². The number of benzene rings is 2. The Kier molecular flexibility index (Phi) is 4.11. The molecule has 2 saturated carbocycles. The zero-order chi connectivity index (χ0) is 18.6. The van der Waals surface area contributed by atoms with Crippen LogP contribution >= 0.6 is 0 Å². The van der Waals surface area contributed by atoms with Gasteiger partial charge in [-0.1, -0.05) is 88.8 Å². The third-order valence-corrected chi connectivity index (χ3v) is 7.91. The highest BCUT2D eigenvalue weighted by molar-refractivity contribution is 6.07. The number of aromatic amines is 1. The van der Waals surface area contributed by atoms with Crippen LogP contribution in [-0.2, 0) is 0 Å². The van der Waals surface area contributed by atoms with Crippen molar-refractivity contribution in [2.24, 2.45) is 17.3 Å². The van der Waals surface area contributed by atoms with E-state index >= 15 is 0 Å². The number of nitrogens with one attached hydrogen (secondary N) is 1. The summed E-state index contributed by atoms with van der Waals surface area (Å²) in [5.41, 5.74) is 4.78. The quantitative estimate of drug-likeness (QED) is 0.490. The van der Waals surface area contributed by atoms with Crippen molar-refractivity contribution in [2.75, 3.05) is 0 Å². The lowest BCUT2D eigenvalue weighted by Gasteiger charge is -2.21. The second-order valence-electron chi connectivity index (χ2n) is 9.86. The first-order valence-electron chi connectivity index (χ1n) is 11.1. The van der Waals surface area contributed by atoms with Gasteiger partial charge in [-0.3, -0.25) is 0 Å². The van der Waals surface area contributed by atoms with E-state index in [2.05, 4.69) is 62.2 Å². The second kappa shape index (κ2) is 6.40. The Morgan fingerprint density at radius 2 is 1.70 bits per heavy atom. The monoisotopic (exact) mass is 359 g/mol. The van der Waals surface area contributed by atoms with E-state index < -0.39 is 0 Å². The zero-order valence-corrected chi connectivity index (χ0v) is 17.1. The van der Waals surface area contributed by atoms with Crippen LogP contribution in [0.25, 0.3) is 21.7 Å². The van der Waals surface area contributed by atoms with E-state index in [1.165, 1.54) is 72.3 Å². The SMILES string of the molecule is Cc1[nH]c2c(ccc3ccccc32)c1C1C(CCC2CCCCC2)C1(C)C. The summed E-state index contributed by atoms with van der Waals surface area (Å²) in [5, 5.41) is 4.16. The number of hydrogen-bond donors (Lipinski definition) is 1. The normalized spacial score (nSPS) is 25.3. The molecule has 0 amide bonds. The van der Waals surface area contributed by atoms with Gasteiger partial charge in [0.05, 0.1) is 5.52 Å². The number of fused-ring (bicyclic) bond motifs is 3. The molecule has 2 unspecified atom stereocenters. The van der Waals surface area contributed by atoms with Gasteiger partial charge in [0.15, 0.2) is 0 Å². The van der Waals surface area contributed by atoms with Crippen molar-refractivity contribution in [2.45, 2.75) is 71.6 Å². The van der Waals surface area contributed by atoms with E-state index in [4.69, 9.17) is 0 Å². The highest BCUT2D eigenvalue weighted by atomic mass is 14.7. The summed E-state index contributed by atoms with van der Waals surface area (Å²) < 4.78 is 0. The van der Waals surface area contributed by atoms with Crippen LogP contribution in [0.1, 0.15) is 76.0 Å². The molecule has 0 aliphatic heterocycles. The summed E-state index contributed by atoms with van der Waals surface area (Å²) in [6, 6.07) is 13.4. The first-order valence-corrected chi connectivity index (χ1v) is 11.1. The van der Waals surface area contributed by atoms with Crippen LogP contribution in [0.2, 0.25) is 0 Å². The number of aromatic nitrogens is 1. The van der Waals surface area contributed by atoms with E-state index in [9.17, 15) is 0 Å². The molecule has 1 aromatic heterocycles. The molecule has 2 aliphatic carbocycles. The van der Waals surface area contributed by atoms with E-state index in [0.717, 1.165) is 17.8 Å². The summed E-state index contributed by atoms with van der Waals surface area (Å²) in [4.78, 5) is 3.76. The van der Waals surface area contributed by atoms with Crippen LogP contribution in [0.3, 0.4) is 0 Å². The minimum absolute atomic E-state index is 0.445. The molecule has 0 radical (unpaired) electrons. The molecule has 1 N–H and O–H groups in total. The largest absolute Gasteiger partial charge is 0.358 e. The van der Waals surface area contributed by atoms with Gasteiger partial charge >= 0.3 is 0 Å². The van der Waals surface area contributed by atoms with E-state index in [-0.39, 0.29) is 0 Å². The fraction of sp³-hybridized carbons (Fsp3) is 0.538. The lowest BCUT2D eigenvalue weighted by atomic mass is 9.85. The molecule has 2 atom stereocenters. The van der Waals surface area contributed by atoms with Gasteiger partial charge in [-0.05, 0) is 47.5 Å². The highest BCUT2D eigenvalue weighted by Gasteiger charge is 2.58. The number of rotatable bonds is 4. The Bertz CT molecular complexity index is 970. The predicted molar refractivity (Wildman–Crippen MR) is 116 cm³/mol. The first kappa shape index (κ1) is 17.3. The van der Waals surface area contributed by atoms with Crippen molar-refractivity contribution in [1.82, 2.24) is 4.98 Å². The first-order chi connectivity index (χ1) is 13.1. The summed E-state index contributed by atoms with van der Waals surface area (Å²) in [7, 11) is 0. The molecule has 2 aliphatic rings. The molecule has 0 spiro atoms. The van der Waals surface area contributed by atoms with E-state index in [1.807, 2.05) is 0 Å². The van der Waals surface area contributed by atoms with Crippen molar-refractivity contribution >= 4 is 21.7 Å². The lowest BCUT2D eigenvalue weighted by molar-refractivity contribution is 0.319. The van der Waals surface area contributed by atoms with Crippen LogP contribution < -0.4 is 0 Å². The smallest absolute Gasteiger partial charge is 0.0538 e. The maximum atomic E-state index is 3.76. The Hall–Kier alpha value is -1.76. The van der Waals surface area contributed by atoms with Gasteiger partial charge < -0.3 is 4.98 Å². The molecule has 5 rings (SSSR count). The maximum absolute atomic E-state index is 3.76. The summed E-state index contributed by atoms with van der Waals surface area (Å²) >= 11 is 0. The molecule has 1 heteroatoms. The third-order valence-electron chi connectivity index (χ3n) is 7.91. The molecule has 1 nitrogen and oxygen atoms in total. The standard InChI is InChI=1S/C26H33N/c1-17-23(21-15-14-19-11-7-8-12-20(19)25(21)27-17)24-22(26(24,2)3)16-13-18-9-5-4-6-10-18/h7-8,11-12,14-15,18,22,24,27H,4-6,9-10,13,16H2,1-3H3. The van der Waals surface area contributed by atoms with Gasteiger partial charge in [0.2, 0.25) is 0 Å². The van der Waals surface area contributed by atoms with E-state index in [1.54, 1.807) is 5.56 Å². The molecule has 0 saturated heterocycles. The summed E-state index contributed by atoms with van der Waals surface area (Å²) in [6.45, 7) is 7.29. The van der Waals surface area contributed by atoms with Crippen molar-refractivity contribution in [1.29, 1.82) is 0 Å². The van der Waals surface area contributed by atoms with Gasteiger partial charge in [-0.15, -0.1) is 0 Å². The van der Waals surface area contributed by atoms with Crippen LogP contribution in [-0.4, -0.2) is 4.98 Å². The van der Waals surface area contributed by atoms with Gasteiger partial charge in [0.25, 0.3) is 0 Å². The maximum Gasteiger partial charge on any atom is 0.0538 e. The Balaban J connectivity index is 1.46. The van der Waals surface area contributed by atoms with Crippen LogP contribution in [0.5, 0.6) is 0 Å². The average molecular weight is 360 g/mol. The summed E-state index contributed by atoms with van der Waals surface area (Å²) in [6.07, 6.45) is 10.2. The van der Waals surface area contributed by atoms with Crippen molar-refractivity contribution < 1.29 is 0 Å². The second-order valence-corrected chi connectivity index (χ2v) is 9.86. The minimum atomic E-state index is 0.445. The van der Waals surface area contributed by atoms with Gasteiger partial charge in [0.1, 0.15) is 0 Å². The fourth-order valence-electron chi connectivity index (χ4n) is 6.24. The van der Waals surface area contributed by atoms with Crippen molar-refractivity contribution in [3.63, 3.8) is 0 Å². The van der Waals surface area contributed by atoms with Gasteiger partial charge in [-0.2, -0.15) is 0 Å². The Morgan fingerprint density at radius 3 is 2.52 bits per heavy atom. The third kappa shape index (κ3) is 2.82. The molecule has 2 fully saturated rings. The van der Waals surface area contributed by atoms with Gasteiger partial charge in [-0.25, -0.2) is 0 Å². The molecular formula is C26H33N. The number of hydrogen-bond acceptors (Lipinski definition) is 0. The number of aryl methyl sites for hydroxylation is 1. The molecule has 1 heterocycles. The van der Waals surface area contributed by atoms with Crippen LogP contribution in [0.4, 0.5) is 0 Å². The number of H-pyrrole nitrogens is 1. The molecular weight excluding hydrogens is 326 g/mol. The fourth-order valence-corrected chi connectivity index (χ4v) is 6.24. The molecule has 27 heavy (non-hydrogen) atoms. The van der Waals surface area contributed by atoms with Crippen LogP contribution in [0.15, 0.2) is 36.4 Å². The van der Waals surface area contributed by atoms with Crippen molar-refractivity contribution in [3.05, 3.63) is 47.7 Å². The predicted octanol–water partition coefficient (Wildman–Crippen LogP) is 7.73. The van der Waals surface area contributed by atoms with Crippen molar-refractivity contribution in [3.8, 4) is 0 Å². The Morgan fingerprint density at radius 1 is 0.926 bits per heavy atom. The summed E-state index contributed by atoms with van der Waals surface area (Å²) in [5.74, 6) is 2.57. The highest BCUT2D eigenvalue weighted by Crippen LogP contribution is 2.68. The molecule has 3 aromatic rings. The lowest BCUT2D eigenvalue weighted by Crippen LogP contribution is -2.06. The van der Waals surface area contributed by atoms with E-state index in [0.29, 0.717) is 5.41 Å². The van der Waals surface area contributed by atoms with Gasteiger partial charge in [0, 0.05) is 16.5 Å². The molecule has 0 bridgehead atoms. The zero-order valence-electron chi connectivity index (χ0n) is 17.1. The minimum Gasteiger partial charge on any atom is -0.358 e. The van der Waals surface area contributed by atoms with Crippen LogP contribution in [0, 0.1) is 24.2 Å². The molecule has 142 valence electrons. The molecule has 2 aromatic carbocycles.